The smallest absolute Gasteiger partial charge is 0.271 e. The zero-order chi connectivity index (χ0) is 15.2. The second-order valence-electron chi connectivity index (χ2n) is 4.02. The summed E-state index contributed by atoms with van der Waals surface area (Å²) in [7, 11) is 1.55. The van der Waals surface area contributed by atoms with Gasteiger partial charge in [-0.25, -0.2) is 4.98 Å². The van der Waals surface area contributed by atoms with Gasteiger partial charge in [-0.15, -0.1) is 0 Å². The second-order valence-corrected chi connectivity index (χ2v) is 4.95. The molecule has 0 bridgehead atoms. The van der Waals surface area contributed by atoms with Gasteiger partial charge in [0.25, 0.3) is 10.9 Å². The van der Waals surface area contributed by atoms with Crippen LogP contribution < -0.4 is 5.32 Å². The fourth-order valence-electron chi connectivity index (χ4n) is 1.54. The number of nitro groups is 1. The van der Waals surface area contributed by atoms with Crippen molar-refractivity contribution in [3.8, 4) is 0 Å². The number of amides is 1. The molecule has 1 N–H and O–H groups in total. The number of hydrogen-bond acceptors (Lipinski definition) is 7. The van der Waals surface area contributed by atoms with Gasteiger partial charge in [-0.3, -0.25) is 14.9 Å². The number of thioether (sulfide) groups is 1. The van der Waals surface area contributed by atoms with Gasteiger partial charge in [-0.1, -0.05) is 11.8 Å². The van der Waals surface area contributed by atoms with Gasteiger partial charge in [0.05, 0.1) is 17.3 Å². The van der Waals surface area contributed by atoms with E-state index >= 15 is 0 Å². The van der Waals surface area contributed by atoms with E-state index in [1.807, 2.05) is 0 Å². The fraction of sp³-hybridized carbons (Fsp3) is 0.333. The van der Waals surface area contributed by atoms with Gasteiger partial charge >= 0.3 is 0 Å². The molecule has 2 rings (SSSR count). The number of rotatable bonds is 7. The molecule has 0 unspecified atom stereocenters. The number of benzene rings is 1. The molecular weight excluding hydrogens is 298 g/mol. The van der Waals surface area contributed by atoms with Crippen LogP contribution in [0.5, 0.6) is 0 Å². The second kappa shape index (κ2) is 7.04. The normalized spacial score (nSPS) is 10.7. The van der Waals surface area contributed by atoms with Crippen LogP contribution in [0.3, 0.4) is 0 Å². The third-order valence-electron chi connectivity index (χ3n) is 2.52. The lowest BCUT2D eigenvalue weighted by Gasteiger charge is -2.02. The Hall–Kier alpha value is -2.13. The van der Waals surface area contributed by atoms with Crippen molar-refractivity contribution in [3.05, 3.63) is 28.3 Å². The largest absolute Gasteiger partial charge is 0.431 e. The van der Waals surface area contributed by atoms with Crippen LogP contribution in [-0.4, -0.2) is 41.8 Å². The van der Waals surface area contributed by atoms with Crippen LogP contribution in [0.2, 0.25) is 0 Å². The average molecular weight is 311 g/mol. The van der Waals surface area contributed by atoms with Gasteiger partial charge in [-0.05, 0) is 6.07 Å². The molecule has 0 aliphatic rings. The van der Waals surface area contributed by atoms with Crippen LogP contribution in [0.4, 0.5) is 5.69 Å². The van der Waals surface area contributed by atoms with Crippen LogP contribution in [0, 0.1) is 10.1 Å². The first-order chi connectivity index (χ1) is 10.1. The van der Waals surface area contributed by atoms with Crippen molar-refractivity contribution in [2.75, 3.05) is 26.0 Å². The first-order valence-electron chi connectivity index (χ1n) is 6.03. The fourth-order valence-corrected chi connectivity index (χ4v) is 2.21. The van der Waals surface area contributed by atoms with Gasteiger partial charge in [0, 0.05) is 25.8 Å². The predicted octanol–water partition coefficient (Wildman–Crippen LogP) is 1.59. The number of aromatic nitrogens is 1. The number of carbonyl (C=O) groups excluding carboxylic acids is 1. The zero-order valence-corrected chi connectivity index (χ0v) is 12.0. The Bertz CT molecular complexity index is 657. The summed E-state index contributed by atoms with van der Waals surface area (Å²) in [5, 5.41) is 13.6. The highest BCUT2D eigenvalue weighted by Crippen LogP contribution is 2.26. The van der Waals surface area contributed by atoms with E-state index in [1.54, 1.807) is 7.11 Å². The lowest BCUT2D eigenvalue weighted by Crippen LogP contribution is -2.28. The summed E-state index contributed by atoms with van der Waals surface area (Å²) in [6.45, 7) is 0.888. The molecule has 0 saturated heterocycles. The maximum atomic E-state index is 11.5. The van der Waals surface area contributed by atoms with E-state index in [-0.39, 0.29) is 17.3 Å². The molecule has 0 spiro atoms. The Morgan fingerprint density at radius 2 is 2.38 bits per heavy atom. The van der Waals surface area contributed by atoms with Crippen molar-refractivity contribution in [1.82, 2.24) is 10.3 Å². The number of methoxy groups -OCH3 is 1. The number of nitro benzene ring substituents is 1. The molecule has 112 valence electrons. The van der Waals surface area contributed by atoms with Crippen molar-refractivity contribution in [2.45, 2.75) is 5.22 Å². The Morgan fingerprint density at radius 3 is 3.10 bits per heavy atom. The summed E-state index contributed by atoms with van der Waals surface area (Å²) >= 11 is 1.13. The van der Waals surface area contributed by atoms with E-state index in [0.29, 0.717) is 29.5 Å². The highest BCUT2D eigenvalue weighted by atomic mass is 32.2. The molecular formula is C12H13N3O5S. The van der Waals surface area contributed by atoms with Crippen LogP contribution in [0.15, 0.2) is 27.8 Å². The molecule has 1 aromatic heterocycles. The number of oxazole rings is 1. The third-order valence-corrected chi connectivity index (χ3v) is 3.35. The zero-order valence-electron chi connectivity index (χ0n) is 11.2. The summed E-state index contributed by atoms with van der Waals surface area (Å²) in [6, 6.07) is 4.17. The molecule has 0 aliphatic carbocycles. The molecule has 21 heavy (non-hydrogen) atoms. The van der Waals surface area contributed by atoms with Crippen molar-refractivity contribution in [3.63, 3.8) is 0 Å². The Kier molecular flexibility index (Phi) is 5.12. The van der Waals surface area contributed by atoms with Gasteiger partial charge in [0.1, 0.15) is 5.52 Å². The molecule has 1 heterocycles. The van der Waals surface area contributed by atoms with Gasteiger partial charge in [0.2, 0.25) is 5.91 Å². The summed E-state index contributed by atoms with van der Waals surface area (Å²) in [4.78, 5) is 25.8. The SMILES string of the molecule is COCCNC(=O)CSc1nc2cc([N+](=O)[O-])ccc2o1. The molecule has 0 radical (unpaired) electrons. The van der Waals surface area contributed by atoms with E-state index in [0.717, 1.165) is 11.8 Å². The molecule has 1 amide bonds. The van der Waals surface area contributed by atoms with Crippen LogP contribution >= 0.6 is 11.8 Å². The summed E-state index contributed by atoms with van der Waals surface area (Å²) < 4.78 is 10.2. The highest BCUT2D eigenvalue weighted by Gasteiger charge is 2.13. The predicted molar refractivity (Wildman–Crippen MR) is 76.3 cm³/mol. The highest BCUT2D eigenvalue weighted by molar-refractivity contribution is 7.99. The minimum absolute atomic E-state index is 0.0512. The Morgan fingerprint density at radius 1 is 1.57 bits per heavy atom. The third kappa shape index (κ3) is 4.17. The number of hydrogen-bond donors (Lipinski definition) is 1. The molecule has 0 atom stereocenters. The maximum absolute atomic E-state index is 11.5. The van der Waals surface area contributed by atoms with E-state index in [4.69, 9.17) is 9.15 Å². The first kappa shape index (κ1) is 15.3. The number of ether oxygens (including phenoxy) is 1. The van der Waals surface area contributed by atoms with E-state index in [1.165, 1.54) is 18.2 Å². The van der Waals surface area contributed by atoms with Crippen molar-refractivity contribution >= 4 is 34.5 Å². The molecule has 0 saturated carbocycles. The Balaban J connectivity index is 1.96. The van der Waals surface area contributed by atoms with E-state index < -0.39 is 4.92 Å². The average Bonchev–Trinajstić information content (AvgIpc) is 2.87. The van der Waals surface area contributed by atoms with Gasteiger partial charge in [0.15, 0.2) is 5.58 Å². The standard InChI is InChI=1S/C12H13N3O5S/c1-19-5-4-13-11(16)7-21-12-14-9-6-8(15(17)18)2-3-10(9)20-12/h2-3,6H,4-5,7H2,1H3,(H,13,16). The number of nitrogens with one attached hydrogen (secondary N) is 1. The molecule has 0 fully saturated rings. The van der Waals surface area contributed by atoms with Crippen molar-refractivity contribution < 1.29 is 18.9 Å². The monoisotopic (exact) mass is 311 g/mol. The first-order valence-corrected chi connectivity index (χ1v) is 7.02. The van der Waals surface area contributed by atoms with Crippen molar-refractivity contribution in [1.29, 1.82) is 0 Å². The number of non-ortho nitro benzene ring substituents is 1. The van der Waals surface area contributed by atoms with Crippen LogP contribution in [-0.2, 0) is 9.53 Å². The van der Waals surface area contributed by atoms with Gasteiger partial charge < -0.3 is 14.5 Å². The molecule has 2 aromatic rings. The van der Waals surface area contributed by atoms with Crippen LogP contribution in [0.1, 0.15) is 0 Å². The molecule has 8 nitrogen and oxygen atoms in total. The van der Waals surface area contributed by atoms with E-state index in [9.17, 15) is 14.9 Å². The topological polar surface area (TPSA) is 108 Å². The van der Waals surface area contributed by atoms with Gasteiger partial charge in [-0.2, -0.15) is 0 Å². The summed E-state index contributed by atoms with van der Waals surface area (Å²) in [6.07, 6.45) is 0. The Labute approximate surface area is 124 Å². The lowest BCUT2D eigenvalue weighted by molar-refractivity contribution is -0.384. The molecule has 1 aromatic carbocycles. The van der Waals surface area contributed by atoms with Crippen LogP contribution in [0.25, 0.3) is 11.1 Å². The number of nitrogens with zero attached hydrogens (tertiary/aromatic N) is 2. The van der Waals surface area contributed by atoms with E-state index in [2.05, 4.69) is 10.3 Å². The number of carbonyl (C=O) groups is 1. The minimum Gasteiger partial charge on any atom is -0.431 e. The van der Waals surface area contributed by atoms with Crippen molar-refractivity contribution in [2.24, 2.45) is 0 Å². The minimum atomic E-state index is -0.496. The maximum Gasteiger partial charge on any atom is 0.271 e. The quantitative estimate of drug-likeness (QED) is 0.358. The summed E-state index contributed by atoms with van der Waals surface area (Å²) in [5.74, 6) is -0.0104. The lowest BCUT2D eigenvalue weighted by atomic mass is 10.3. The number of fused-ring (bicyclic) bond motifs is 1. The molecule has 0 aliphatic heterocycles. The summed E-state index contributed by atoms with van der Waals surface area (Å²) in [5.41, 5.74) is 0.791. The molecule has 9 heteroatoms.